The van der Waals surface area contributed by atoms with Crippen molar-refractivity contribution in [3.63, 3.8) is 0 Å². The van der Waals surface area contributed by atoms with E-state index in [-0.39, 0.29) is 17.3 Å². The van der Waals surface area contributed by atoms with Crippen LogP contribution in [0.1, 0.15) is 18.4 Å². The molecule has 0 spiro atoms. The average molecular weight is 296 g/mol. The highest BCUT2D eigenvalue weighted by Crippen LogP contribution is 2.30. The van der Waals surface area contributed by atoms with Gasteiger partial charge in [0.05, 0.1) is 10.6 Å². The summed E-state index contributed by atoms with van der Waals surface area (Å²) in [6.07, 6.45) is 1.58. The zero-order chi connectivity index (χ0) is 14.9. The van der Waals surface area contributed by atoms with Crippen molar-refractivity contribution in [3.8, 4) is 6.07 Å². The van der Waals surface area contributed by atoms with Crippen molar-refractivity contribution in [3.05, 3.63) is 33.9 Å². The first-order chi connectivity index (χ1) is 9.36. The van der Waals surface area contributed by atoms with Crippen LogP contribution >= 0.6 is 0 Å². The Labute approximate surface area is 116 Å². The number of rotatable bonds is 5. The van der Waals surface area contributed by atoms with Crippen molar-refractivity contribution in [1.82, 2.24) is 4.31 Å². The van der Waals surface area contributed by atoms with Crippen LogP contribution in [0, 0.1) is 21.4 Å². The molecule has 0 atom stereocenters. The van der Waals surface area contributed by atoms with Crippen molar-refractivity contribution in [2.24, 2.45) is 0 Å². The first-order valence-electron chi connectivity index (χ1n) is 5.80. The van der Waals surface area contributed by atoms with Gasteiger partial charge in [0, 0.05) is 19.2 Å². The van der Waals surface area contributed by atoms with Crippen LogP contribution in [0.15, 0.2) is 18.2 Å². The van der Waals surface area contributed by atoms with Gasteiger partial charge in [-0.2, -0.15) is 18.0 Å². The van der Waals surface area contributed by atoms with Crippen LogP contribution in [-0.2, 0) is 10.2 Å². The van der Waals surface area contributed by atoms with Crippen LogP contribution < -0.4 is 4.72 Å². The first-order valence-corrected chi connectivity index (χ1v) is 7.24. The summed E-state index contributed by atoms with van der Waals surface area (Å²) in [5.41, 5.74) is -0.818. The molecule has 0 aliphatic heterocycles. The highest BCUT2D eigenvalue weighted by atomic mass is 32.2. The van der Waals surface area contributed by atoms with Gasteiger partial charge in [0.2, 0.25) is 0 Å². The van der Waals surface area contributed by atoms with Crippen molar-refractivity contribution < 1.29 is 13.3 Å². The molecule has 0 saturated heterocycles. The van der Waals surface area contributed by atoms with Crippen LogP contribution in [0.5, 0.6) is 0 Å². The first kappa shape index (κ1) is 14.2. The Balaban J connectivity index is 2.37. The second kappa shape index (κ2) is 5.07. The molecule has 1 aromatic rings. The third-order valence-corrected chi connectivity index (χ3v) is 4.56. The lowest BCUT2D eigenvalue weighted by molar-refractivity contribution is -0.385. The van der Waals surface area contributed by atoms with Crippen LogP contribution in [-0.4, -0.2) is 30.7 Å². The average Bonchev–Trinajstić information content (AvgIpc) is 3.21. The fraction of sp³-hybridized carbons (Fsp3) is 0.364. The van der Waals surface area contributed by atoms with Gasteiger partial charge < -0.3 is 0 Å². The largest absolute Gasteiger partial charge is 0.301 e. The molecule has 0 amide bonds. The molecule has 1 aromatic carbocycles. The lowest BCUT2D eigenvalue weighted by atomic mass is 10.1. The summed E-state index contributed by atoms with van der Waals surface area (Å²) in [7, 11) is -2.38. The molecule has 1 fully saturated rings. The van der Waals surface area contributed by atoms with E-state index in [1.807, 2.05) is 0 Å². The lowest BCUT2D eigenvalue weighted by Gasteiger charge is -2.18. The van der Waals surface area contributed by atoms with E-state index < -0.39 is 20.8 Å². The molecule has 1 N–H and O–H groups in total. The Morgan fingerprint density at radius 2 is 2.15 bits per heavy atom. The maximum atomic E-state index is 12.1. The van der Waals surface area contributed by atoms with Gasteiger partial charge in [0.25, 0.3) is 5.69 Å². The monoisotopic (exact) mass is 296 g/mol. The summed E-state index contributed by atoms with van der Waals surface area (Å²) in [6, 6.07) is 5.42. The molecule has 0 aromatic heterocycles. The molecular weight excluding hydrogens is 284 g/mol. The van der Waals surface area contributed by atoms with E-state index in [9.17, 15) is 18.5 Å². The lowest BCUT2D eigenvalue weighted by Crippen LogP contribution is -2.34. The standard InChI is InChI=1S/C11H12N4O4S/c1-14(8-5-6-8)20(18,19)13-10-3-2-4-11(15(16)17)9(10)7-12/h2-4,8,13H,5-6H2,1H3. The normalized spacial score (nSPS) is 14.8. The molecule has 0 heterocycles. The van der Waals surface area contributed by atoms with Gasteiger partial charge in [0.1, 0.15) is 6.07 Å². The SMILES string of the molecule is CN(C1CC1)S(=O)(=O)Nc1cccc([N+](=O)[O-])c1C#N. The summed E-state index contributed by atoms with van der Waals surface area (Å²) in [5.74, 6) is 0. The second-order valence-corrected chi connectivity index (χ2v) is 6.15. The smallest absolute Gasteiger partial charge is 0.269 e. The fourth-order valence-electron chi connectivity index (χ4n) is 1.74. The number of nitro benzene ring substituents is 1. The molecule has 1 aliphatic rings. The van der Waals surface area contributed by atoms with Crippen LogP contribution in [0.4, 0.5) is 11.4 Å². The maximum absolute atomic E-state index is 12.1. The summed E-state index contributed by atoms with van der Waals surface area (Å²) in [5, 5.41) is 19.8. The van der Waals surface area contributed by atoms with E-state index in [1.165, 1.54) is 23.5 Å². The second-order valence-electron chi connectivity index (χ2n) is 4.42. The van der Waals surface area contributed by atoms with Crippen molar-refractivity contribution in [1.29, 1.82) is 5.26 Å². The van der Waals surface area contributed by atoms with E-state index >= 15 is 0 Å². The third-order valence-electron chi connectivity index (χ3n) is 3.03. The van der Waals surface area contributed by atoms with Crippen LogP contribution in [0.25, 0.3) is 0 Å². The van der Waals surface area contributed by atoms with Gasteiger partial charge in [-0.15, -0.1) is 0 Å². The van der Waals surface area contributed by atoms with Gasteiger partial charge in [-0.3, -0.25) is 14.8 Å². The number of anilines is 1. The minimum Gasteiger partial charge on any atom is -0.269 e. The molecule has 0 radical (unpaired) electrons. The highest BCUT2D eigenvalue weighted by Gasteiger charge is 2.34. The van der Waals surface area contributed by atoms with Gasteiger partial charge in [0.15, 0.2) is 5.56 Å². The molecule has 2 rings (SSSR count). The number of nitrogens with zero attached hydrogens (tertiary/aromatic N) is 3. The van der Waals surface area contributed by atoms with Crippen LogP contribution in [0.3, 0.4) is 0 Å². The number of nitrogens with one attached hydrogen (secondary N) is 1. The third kappa shape index (κ3) is 2.71. The molecule has 106 valence electrons. The molecule has 9 heteroatoms. The Morgan fingerprint density at radius 3 is 2.65 bits per heavy atom. The highest BCUT2D eigenvalue weighted by molar-refractivity contribution is 7.90. The Morgan fingerprint density at radius 1 is 1.50 bits per heavy atom. The summed E-state index contributed by atoms with van der Waals surface area (Å²) in [4.78, 5) is 10.1. The Kier molecular flexibility index (Phi) is 3.61. The summed E-state index contributed by atoms with van der Waals surface area (Å²) < 4.78 is 27.5. The molecular formula is C11H12N4O4S. The van der Waals surface area contributed by atoms with E-state index in [0.717, 1.165) is 18.9 Å². The van der Waals surface area contributed by atoms with Gasteiger partial charge in [-0.25, -0.2) is 0 Å². The molecule has 1 aliphatic carbocycles. The van der Waals surface area contributed by atoms with Crippen molar-refractivity contribution in [2.45, 2.75) is 18.9 Å². The Hall–Kier alpha value is -2.18. The van der Waals surface area contributed by atoms with E-state index in [1.54, 1.807) is 6.07 Å². The number of benzene rings is 1. The van der Waals surface area contributed by atoms with E-state index in [4.69, 9.17) is 5.26 Å². The predicted molar refractivity (Wildman–Crippen MR) is 71.1 cm³/mol. The molecule has 0 bridgehead atoms. The predicted octanol–water partition coefficient (Wildman–Crippen LogP) is 1.22. The summed E-state index contributed by atoms with van der Waals surface area (Å²) in [6.45, 7) is 0. The minimum absolute atomic E-state index is 0.0447. The van der Waals surface area contributed by atoms with Gasteiger partial charge >= 0.3 is 10.2 Å². The molecule has 1 saturated carbocycles. The van der Waals surface area contributed by atoms with Crippen molar-refractivity contribution in [2.75, 3.05) is 11.8 Å². The van der Waals surface area contributed by atoms with Gasteiger partial charge in [-0.05, 0) is 18.9 Å². The van der Waals surface area contributed by atoms with E-state index in [2.05, 4.69) is 4.72 Å². The van der Waals surface area contributed by atoms with Crippen molar-refractivity contribution >= 4 is 21.6 Å². The number of hydrogen-bond donors (Lipinski definition) is 1. The summed E-state index contributed by atoms with van der Waals surface area (Å²) >= 11 is 0. The Bertz CT molecular complexity index is 691. The topological polar surface area (TPSA) is 116 Å². The zero-order valence-corrected chi connectivity index (χ0v) is 11.4. The maximum Gasteiger partial charge on any atom is 0.301 e. The van der Waals surface area contributed by atoms with E-state index in [0.29, 0.717) is 0 Å². The number of nitriles is 1. The van der Waals surface area contributed by atoms with Gasteiger partial charge in [-0.1, -0.05) is 6.07 Å². The fourth-order valence-corrected chi connectivity index (χ4v) is 2.94. The molecule has 20 heavy (non-hydrogen) atoms. The minimum atomic E-state index is -3.82. The quantitative estimate of drug-likeness (QED) is 0.647. The molecule has 0 unspecified atom stereocenters. The number of nitro groups is 1. The molecule has 8 nitrogen and oxygen atoms in total. The zero-order valence-electron chi connectivity index (χ0n) is 10.6. The van der Waals surface area contributed by atoms with Crippen LogP contribution in [0.2, 0.25) is 0 Å². The number of hydrogen-bond acceptors (Lipinski definition) is 5.